The number of carboxylic acids is 1. The second kappa shape index (κ2) is 2.26. The third kappa shape index (κ3) is 1.15. The maximum atomic E-state index is 10.6. The van der Waals surface area contributed by atoms with E-state index in [1.165, 1.54) is 0 Å². The first-order valence-electron chi connectivity index (χ1n) is 3.77. The van der Waals surface area contributed by atoms with Crippen LogP contribution in [0.1, 0.15) is 33.1 Å². The van der Waals surface area contributed by atoms with Gasteiger partial charge in [0.05, 0.1) is 5.92 Å². The van der Waals surface area contributed by atoms with E-state index < -0.39 is 5.97 Å². The molecule has 0 heterocycles. The van der Waals surface area contributed by atoms with Crippen molar-refractivity contribution in [2.24, 2.45) is 11.3 Å². The molecule has 2 heteroatoms. The van der Waals surface area contributed by atoms with Gasteiger partial charge in [0.15, 0.2) is 0 Å². The summed E-state index contributed by atoms with van der Waals surface area (Å²) in [6.07, 6.45) is 3.00. The van der Waals surface area contributed by atoms with Gasteiger partial charge in [0.1, 0.15) is 0 Å². The van der Waals surface area contributed by atoms with Crippen molar-refractivity contribution < 1.29 is 9.90 Å². The van der Waals surface area contributed by atoms with Crippen molar-refractivity contribution >= 4 is 5.97 Å². The zero-order valence-corrected chi connectivity index (χ0v) is 6.55. The number of carboxylic acid groups (broad SMARTS) is 1. The van der Waals surface area contributed by atoms with Gasteiger partial charge in [0.25, 0.3) is 0 Å². The molecule has 10 heavy (non-hydrogen) atoms. The highest BCUT2D eigenvalue weighted by molar-refractivity contribution is 5.71. The third-order valence-electron chi connectivity index (χ3n) is 2.56. The van der Waals surface area contributed by atoms with Crippen LogP contribution in [0.15, 0.2) is 0 Å². The summed E-state index contributed by atoms with van der Waals surface area (Å²) in [5.41, 5.74) is 0.0336. The second-order valence-electron chi connectivity index (χ2n) is 3.77. The molecule has 58 valence electrons. The van der Waals surface area contributed by atoms with Gasteiger partial charge >= 0.3 is 5.97 Å². The normalized spacial score (nSPS) is 30.4. The lowest BCUT2D eigenvalue weighted by molar-refractivity contribution is -0.144. The second-order valence-corrected chi connectivity index (χ2v) is 3.77. The Bertz CT molecular complexity index is 149. The molecule has 0 saturated heterocycles. The summed E-state index contributed by atoms with van der Waals surface area (Å²) in [4.78, 5) is 10.6. The Morgan fingerprint density at radius 1 is 1.60 bits per heavy atom. The lowest BCUT2D eigenvalue weighted by Gasteiger charge is -2.22. The van der Waals surface area contributed by atoms with E-state index in [1.807, 2.05) is 13.8 Å². The van der Waals surface area contributed by atoms with Crippen LogP contribution in [-0.4, -0.2) is 11.1 Å². The lowest BCUT2D eigenvalue weighted by Crippen LogP contribution is -2.25. The molecule has 1 rings (SSSR count). The molecule has 1 unspecified atom stereocenters. The molecule has 0 aromatic carbocycles. The van der Waals surface area contributed by atoms with E-state index in [9.17, 15) is 4.79 Å². The topological polar surface area (TPSA) is 37.3 Å². The smallest absolute Gasteiger partial charge is 0.307 e. The molecule has 0 aromatic heterocycles. The maximum absolute atomic E-state index is 10.6. The molecule has 0 amide bonds. The quantitative estimate of drug-likeness (QED) is 0.607. The highest BCUT2D eigenvalue weighted by Gasteiger charge is 2.39. The first-order chi connectivity index (χ1) is 4.54. The number of hydrogen-bond acceptors (Lipinski definition) is 1. The van der Waals surface area contributed by atoms with E-state index in [0.717, 1.165) is 19.3 Å². The van der Waals surface area contributed by atoms with Gasteiger partial charge in [-0.2, -0.15) is 0 Å². The molecule has 1 fully saturated rings. The summed E-state index contributed by atoms with van der Waals surface area (Å²) in [5, 5.41) is 8.75. The summed E-state index contributed by atoms with van der Waals surface area (Å²) in [6, 6.07) is 0. The minimum absolute atomic E-state index is 0.0336. The van der Waals surface area contributed by atoms with E-state index in [-0.39, 0.29) is 11.3 Å². The van der Waals surface area contributed by atoms with Crippen molar-refractivity contribution in [1.82, 2.24) is 0 Å². The average molecular weight is 142 g/mol. The SMILES string of the molecule is CC1(C)CCCC1C(=O)O. The van der Waals surface area contributed by atoms with Crippen LogP contribution in [-0.2, 0) is 4.79 Å². The minimum Gasteiger partial charge on any atom is -0.481 e. The van der Waals surface area contributed by atoms with Crippen LogP contribution in [0.4, 0.5) is 0 Å². The maximum Gasteiger partial charge on any atom is 0.307 e. The molecule has 1 N–H and O–H groups in total. The fourth-order valence-corrected chi connectivity index (χ4v) is 1.78. The van der Waals surface area contributed by atoms with Gasteiger partial charge in [-0.15, -0.1) is 0 Å². The van der Waals surface area contributed by atoms with Gasteiger partial charge < -0.3 is 5.11 Å². The molecule has 0 radical (unpaired) electrons. The van der Waals surface area contributed by atoms with Crippen molar-refractivity contribution in [3.63, 3.8) is 0 Å². The number of aliphatic carboxylic acids is 1. The van der Waals surface area contributed by atoms with E-state index in [0.29, 0.717) is 0 Å². The van der Waals surface area contributed by atoms with Gasteiger partial charge in [-0.25, -0.2) is 0 Å². The largest absolute Gasteiger partial charge is 0.481 e. The van der Waals surface area contributed by atoms with Gasteiger partial charge in [-0.3, -0.25) is 4.79 Å². The van der Waals surface area contributed by atoms with Gasteiger partial charge in [-0.05, 0) is 18.3 Å². The first-order valence-corrected chi connectivity index (χ1v) is 3.77. The predicted octanol–water partition coefficient (Wildman–Crippen LogP) is 1.90. The molecule has 2 nitrogen and oxygen atoms in total. The highest BCUT2D eigenvalue weighted by atomic mass is 16.4. The van der Waals surface area contributed by atoms with E-state index >= 15 is 0 Å². The molecule has 1 aliphatic carbocycles. The first kappa shape index (κ1) is 7.58. The highest BCUT2D eigenvalue weighted by Crippen LogP contribution is 2.42. The average Bonchev–Trinajstić information content (AvgIpc) is 2.08. The van der Waals surface area contributed by atoms with Crippen LogP contribution in [0.25, 0.3) is 0 Å². The van der Waals surface area contributed by atoms with Gasteiger partial charge in [0.2, 0.25) is 0 Å². The Kier molecular flexibility index (Phi) is 1.71. The zero-order chi connectivity index (χ0) is 7.78. The molecular weight excluding hydrogens is 128 g/mol. The summed E-state index contributed by atoms with van der Waals surface area (Å²) in [7, 11) is 0. The van der Waals surface area contributed by atoms with Gasteiger partial charge in [0, 0.05) is 0 Å². The van der Waals surface area contributed by atoms with Gasteiger partial charge in [-0.1, -0.05) is 20.3 Å². The van der Waals surface area contributed by atoms with Crippen LogP contribution in [0.3, 0.4) is 0 Å². The number of hydrogen-bond donors (Lipinski definition) is 1. The van der Waals surface area contributed by atoms with Crippen molar-refractivity contribution in [1.29, 1.82) is 0 Å². The molecular formula is C8H14O2. The number of rotatable bonds is 1. The summed E-state index contributed by atoms with van der Waals surface area (Å²) in [5.74, 6) is -0.727. The molecule has 0 aromatic rings. The van der Waals surface area contributed by atoms with Crippen LogP contribution in [0.5, 0.6) is 0 Å². The Labute approximate surface area is 61.2 Å². The van der Waals surface area contributed by atoms with E-state index in [2.05, 4.69) is 0 Å². The van der Waals surface area contributed by atoms with Crippen molar-refractivity contribution in [2.45, 2.75) is 33.1 Å². The minimum atomic E-state index is -0.623. The molecule has 0 bridgehead atoms. The Morgan fingerprint density at radius 3 is 2.40 bits per heavy atom. The molecule has 1 atom stereocenters. The Balaban J connectivity index is 2.68. The van der Waals surface area contributed by atoms with Crippen LogP contribution < -0.4 is 0 Å². The molecule has 0 spiro atoms. The molecule has 0 aliphatic heterocycles. The van der Waals surface area contributed by atoms with Crippen LogP contribution in [0.2, 0.25) is 0 Å². The standard InChI is InChI=1S/C8H14O2/c1-8(2)5-3-4-6(8)7(9)10/h6H,3-5H2,1-2H3,(H,9,10). The number of carbonyl (C=O) groups is 1. The lowest BCUT2D eigenvalue weighted by atomic mass is 9.82. The summed E-state index contributed by atoms with van der Waals surface area (Å²) >= 11 is 0. The fourth-order valence-electron chi connectivity index (χ4n) is 1.78. The predicted molar refractivity (Wildman–Crippen MR) is 38.8 cm³/mol. The monoisotopic (exact) mass is 142 g/mol. The third-order valence-corrected chi connectivity index (χ3v) is 2.56. The Morgan fingerprint density at radius 2 is 2.20 bits per heavy atom. The van der Waals surface area contributed by atoms with Crippen LogP contribution >= 0.6 is 0 Å². The molecule has 1 aliphatic rings. The van der Waals surface area contributed by atoms with Crippen molar-refractivity contribution in [2.75, 3.05) is 0 Å². The zero-order valence-electron chi connectivity index (χ0n) is 6.55. The van der Waals surface area contributed by atoms with E-state index in [4.69, 9.17) is 5.11 Å². The fraction of sp³-hybridized carbons (Fsp3) is 0.875. The van der Waals surface area contributed by atoms with E-state index in [1.54, 1.807) is 0 Å². The van der Waals surface area contributed by atoms with Crippen LogP contribution in [0, 0.1) is 11.3 Å². The van der Waals surface area contributed by atoms with Crippen molar-refractivity contribution in [3.05, 3.63) is 0 Å². The Hall–Kier alpha value is -0.530. The van der Waals surface area contributed by atoms with Crippen molar-refractivity contribution in [3.8, 4) is 0 Å². The summed E-state index contributed by atoms with van der Waals surface area (Å²) < 4.78 is 0. The summed E-state index contributed by atoms with van der Waals surface area (Å²) in [6.45, 7) is 4.08. The molecule has 1 saturated carbocycles.